The number of nitrogens with zero attached hydrogens (tertiary/aromatic N) is 2. The Bertz CT molecular complexity index is 1060. The first kappa shape index (κ1) is 20.3. The van der Waals surface area contributed by atoms with E-state index in [1.165, 1.54) is 23.5 Å². The first-order valence-electron chi connectivity index (χ1n) is 9.96. The van der Waals surface area contributed by atoms with Crippen LogP contribution in [-0.4, -0.2) is 39.8 Å². The molecule has 1 aromatic carbocycles. The number of H-pyrrole nitrogens is 1. The maximum absolute atomic E-state index is 13.5. The minimum Gasteiger partial charge on any atom is -0.342 e. The second-order valence-corrected chi connectivity index (χ2v) is 8.67. The van der Waals surface area contributed by atoms with Crippen LogP contribution in [0.1, 0.15) is 45.7 Å². The van der Waals surface area contributed by atoms with Gasteiger partial charge in [-0.3, -0.25) is 9.59 Å². The van der Waals surface area contributed by atoms with Crippen molar-refractivity contribution in [1.82, 2.24) is 20.2 Å². The Kier molecular flexibility index (Phi) is 5.94. The lowest BCUT2D eigenvalue weighted by Gasteiger charge is -2.34. The Morgan fingerprint density at radius 3 is 2.93 bits per heavy atom. The molecule has 1 saturated heterocycles. The van der Waals surface area contributed by atoms with Gasteiger partial charge in [0.15, 0.2) is 0 Å². The number of amides is 2. The molecule has 8 heteroatoms. The average Bonchev–Trinajstić information content (AvgIpc) is 3.41. The predicted octanol–water partition coefficient (Wildman–Crippen LogP) is 4.07. The standard InChI is InChI=1S/C22H23FN4O2S/c1-14-8-9-19(30-14)22(29)25-13-20(28)27-10-3-2-7-18(27)21-24-12-17(26-21)15-5-4-6-16(23)11-15/h4-6,8-9,11-12,18H,2-3,7,10,13H2,1H3,(H,24,26)(H,25,29). The Balaban J connectivity index is 1.45. The fourth-order valence-electron chi connectivity index (χ4n) is 3.72. The van der Waals surface area contributed by atoms with Crippen molar-refractivity contribution in [3.8, 4) is 11.3 Å². The highest BCUT2D eigenvalue weighted by Gasteiger charge is 2.30. The van der Waals surface area contributed by atoms with Gasteiger partial charge in [0, 0.05) is 17.0 Å². The van der Waals surface area contributed by atoms with E-state index in [-0.39, 0.29) is 30.2 Å². The summed E-state index contributed by atoms with van der Waals surface area (Å²) in [6.07, 6.45) is 4.37. The van der Waals surface area contributed by atoms with E-state index in [1.54, 1.807) is 23.2 Å². The molecule has 2 N–H and O–H groups in total. The third kappa shape index (κ3) is 4.43. The van der Waals surface area contributed by atoms with Crippen LogP contribution in [-0.2, 0) is 4.79 Å². The zero-order chi connectivity index (χ0) is 21.1. The fraction of sp³-hybridized carbons (Fsp3) is 0.318. The third-order valence-corrected chi connectivity index (χ3v) is 6.23. The lowest BCUT2D eigenvalue weighted by atomic mass is 10.0. The molecule has 1 unspecified atom stereocenters. The van der Waals surface area contributed by atoms with E-state index in [1.807, 2.05) is 19.1 Å². The monoisotopic (exact) mass is 426 g/mol. The van der Waals surface area contributed by atoms with Crippen LogP contribution >= 0.6 is 11.3 Å². The van der Waals surface area contributed by atoms with Gasteiger partial charge in [-0.15, -0.1) is 11.3 Å². The summed E-state index contributed by atoms with van der Waals surface area (Å²) in [5, 5.41) is 2.73. The second-order valence-electron chi connectivity index (χ2n) is 7.38. The lowest BCUT2D eigenvalue weighted by molar-refractivity contribution is -0.134. The van der Waals surface area contributed by atoms with E-state index in [9.17, 15) is 14.0 Å². The fourth-order valence-corrected chi connectivity index (χ4v) is 4.51. The number of imidazole rings is 1. The highest BCUT2D eigenvalue weighted by molar-refractivity contribution is 7.13. The molecule has 30 heavy (non-hydrogen) atoms. The second kappa shape index (κ2) is 8.79. The number of benzene rings is 1. The summed E-state index contributed by atoms with van der Waals surface area (Å²) in [4.78, 5) is 36.3. The predicted molar refractivity (Wildman–Crippen MR) is 114 cm³/mol. The molecule has 3 aromatic rings. The Morgan fingerprint density at radius 2 is 2.17 bits per heavy atom. The summed E-state index contributed by atoms with van der Waals surface area (Å²) in [6, 6.07) is 9.77. The molecular weight excluding hydrogens is 403 g/mol. The number of likely N-dealkylation sites (tertiary alicyclic amines) is 1. The van der Waals surface area contributed by atoms with E-state index in [0.717, 1.165) is 24.1 Å². The molecule has 6 nitrogen and oxygen atoms in total. The Hall–Kier alpha value is -3.00. The van der Waals surface area contributed by atoms with Gasteiger partial charge in [-0.1, -0.05) is 12.1 Å². The third-order valence-electron chi connectivity index (χ3n) is 5.23. The van der Waals surface area contributed by atoms with Crippen molar-refractivity contribution < 1.29 is 14.0 Å². The van der Waals surface area contributed by atoms with Crippen LogP contribution in [0.15, 0.2) is 42.6 Å². The quantitative estimate of drug-likeness (QED) is 0.646. The zero-order valence-electron chi connectivity index (χ0n) is 16.7. The number of carbonyl (C=O) groups is 2. The van der Waals surface area contributed by atoms with Gasteiger partial charge in [-0.25, -0.2) is 9.37 Å². The van der Waals surface area contributed by atoms with Crippen LogP contribution in [0.3, 0.4) is 0 Å². The first-order chi connectivity index (χ1) is 14.5. The molecule has 1 aliphatic rings. The number of rotatable bonds is 5. The minimum absolute atomic E-state index is 0.0518. The van der Waals surface area contributed by atoms with Crippen LogP contribution in [0, 0.1) is 12.7 Å². The number of aryl methyl sites for hydroxylation is 1. The summed E-state index contributed by atoms with van der Waals surface area (Å²) in [5.74, 6) is 0.00347. The number of halogens is 1. The number of nitrogens with one attached hydrogen (secondary N) is 2. The molecule has 1 fully saturated rings. The van der Waals surface area contributed by atoms with E-state index in [4.69, 9.17) is 0 Å². The molecule has 0 bridgehead atoms. The van der Waals surface area contributed by atoms with Crippen molar-refractivity contribution in [2.45, 2.75) is 32.2 Å². The van der Waals surface area contributed by atoms with Gasteiger partial charge in [0.1, 0.15) is 11.6 Å². The topological polar surface area (TPSA) is 78.1 Å². The van der Waals surface area contributed by atoms with Crippen LogP contribution in [0.2, 0.25) is 0 Å². The molecule has 0 spiro atoms. The largest absolute Gasteiger partial charge is 0.342 e. The van der Waals surface area contributed by atoms with Crippen molar-refractivity contribution in [2.75, 3.05) is 13.1 Å². The van der Waals surface area contributed by atoms with Crippen molar-refractivity contribution >= 4 is 23.2 Å². The summed E-state index contributed by atoms with van der Waals surface area (Å²) in [5.41, 5.74) is 1.42. The number of piperidine rings is 1. The highest BCUT2D eigenvalue weighted by Crippen LogP contribution is 2.30. The van der Waals surface area contributed by atoms with Crippen LogP contribution in [0.25, 0.3) is 11.3 Å². The van der Waals surface area contributed by atoms with Crippen LogP contribution < -0.4 is 5.32 Å². The van der Waals surface area contributed by atoms with Crippen molar-refractivity contribution in [2.24, 2.45) is 0 Å². The van der Waals surface area contributed by atoms with Crippen molar-refractivity contribution in [3.63, 3.8) is 0 Å². The van der Waals surface area contributed by atoms with Crippen LogP contribution in [0.5, 0.6) is 0 Å². The maximum atomic E-state index is 13.5. The van der Waals surface area contributed by atoms with Gasteiger partial charge >= 0.3 is 0 Å². The number of thiophene rings is 1. The van der Waals surface area contributed by atoms with Gasteiger partial charge in [-0.2, -0.15) is 0 Å². The SMILES string of the molecule is Cc1ccc(C(=O)NCC(=O)N2CCCCC2c2ncc(-c3cccc(F)c3)[nH]2)s1. The van der Waals surface area contributed by atoms with Gasteiger partial charge in [-0.05, 0) is 50.5 Å². The molecule has 0 saturated carbocycles. The summed E-state index contributed by atoms with van der Waals surface area (Å²) in [7, 11) is 0. The lowest BCUT2D eigenvalue weighted by Crippen LogP contribution is -2.44. The Morgan fingerprint density at radius 1 is 1.30 bits per heavy atom. The molecule has 2 amide bonds. The first-order valence-corrected chi connectivity index (χ1v) is 10.8. The molecule has 4 rings (SSSR count). The average molecular weight is 427 g/mol. The number of hydrogen-bond donors (Lipinski definition) is 2. The van der Waals surface area contributed by atoms with E-state index >= 15 is 0 Å². The van der Waals surface area contributed by atoms with Crippen molar-refractivity contribution in [1.29, 1.82) is 0 Å². The molecule has 156 valence electrons. The molecule has 1 aliphatic heterocycles. The van der Waals surface area contributed by atoms with Crippen LogP contribution in [0.4, 0.5) is 4.39 Å². The summed E-state index contributed by atoms with van der Waals surface area (Å²) >= 11 is 1.40. The van der Waals surface area contributed by atoms with E-state index in [2.05, 4.69) is 15.3 Å². The highest BCUT2D eigenvalue weighted by atomic mass is 32.1. The van der Waals surface area contributed by atoms with Gasteiger partial charge in [0.2, 0.25) is 5.91 Å². The van der Waals surface area contributed by atoms with Gasteiger partial charge < -0.3 is 15.2 Å². The minimum atomic E-state index is -0.310. The van der Waals surface area contributed by atoms with Gasteiger partial charge in [0.25, 0.3) is 5.91 Å². The number of aromatic nitrogens is 2. The summed E-state index contributed by atoms with van der Waals surface area (Å²) < 4.78 is 13.5. The van der Waals surface area contributed by atoms with E-state index < -0.39 is 0 Å². The van der Waals surface area contributed by atoms with Gasteiger partial charge in [0.05, 0.1) is 29.4 Å². The zero-order valence-corrected chi connectivity index (χ0v) is 17.5. The molecule has 1 atom stereocenters. The number of hydrogen-bond acceptors (Lipinski definition) is 4. The molecule has 2 aromatic heterocycles. The summed E-state index contributed by atoms with van der Waals surface area (Å²) in [6.45, 7) is 2.50. The molecule has 0 radical (unpaired) electrons. The molecular formula is C22H23FN4O2S. The number of carbonyl (C=O) groups excluding carboxylic acids is 2. The maximum Gasteiger partial charge on any atom is 0.261 e. The van der Waals surface area contributed by atoms with Crippen molar-refractivity contribution in [3.05, 3.63) is 64.0 Å². The normalized spacial score (nSPS) is 16.5. The Labute approximate surface area is 178 Å². The molecule has 0 aliphatic carbocycles. The number of aromatic amines is 1. The molecule has 3 heterocycles. The smallest absolute Gasteiger partial charge is 0.261 e. The van der Waals surface area contributed by atoms with E-state index in [0.29, 0.717) is 28.5 Å².